The molecule has 0 aliphatic heterocycles. The topological polar surface area (TPSA) is 72.8 Å². The molecule has 6 heteroatoms. The molecule has 0 amide bonds. The number of aliphatic carboxylic acids is 1. The standard InChI is InChI=1S/C20H19BrO5/c1-14(21)20(24)26-18(19(22)23)13-25-17-11-9-16(10-12-17)8-7-15-5-3-2-4-6-15/h2-12,14,18H,13H2,1H3,(H,22,23)/b8-7+. The van der Waals surface area contributed by atoms with Gasteiger partial charge in [0.25, 0.3) is 0 Å². The number of rotatable bonds is 8. The van der Waals surface area contributed by atoms with E-state index >= 15 is 0 Å². The largest absolute Gasteiger partial charge is 0.489 e. The minimum atomic E-state index is -1.36. The van der Waals surface area contributed by atoms with E-state index in [1.54, 1.807) is 19.1 Å². The van der Waals surface area contributed by atoms with E-state index in [1.807, 2.05) is 54.6 Å². The molecule has 0 fully saturated rings. The third-order valence-electron chi connectivity index (χ3n) is 3.41. The van der Waals surface area contributed by atoms with Gasteiger partial charge in [-0.05, 0) is 30.2 Å². The molecule has 136 valence electrons. The zero-order valence-electron chi connectivity index (χ0n) is 14.2. The van der Waals surface area contributed by atoms with Crippen LogP contribution in [0, 0.1) is 0 Å². The number of alkyl halides is 1. The molecule has 26 heavy (non-hydrogen) atoms. The van der Waals surface area contributed by atoms with Crippen LogP contribution in [0.15, 0.2) is 54.6 Å². The maximum atomic E-state index is 11.5. The molecular formula is C20H19BrO5. The average Bonchev–Trinajstić information content (AvgIpc) is 2.64. The van der Waals surface area contributed by atoms with Crippen LogP contribution in [0.4, 0.5) is 0 Å². The van der Waals surface area contributed by atoms with Gasteiger partial charge in [0.2, 0.25) is 6.10 Å². The number of esters is 1. The van der Waals surface area contributed by atoms with E-state index in [9.17, 15) is 9.59 Å². The third-order valence-corrected chi connectivity index (χ3v) is 3.78. The quantitative estimate of drug-likeness (QED) is 0.398. The molecule has 0 saturated heterocycles. The Bertz CT molecular complexity index is 754. The lowest BCUT2D eigenvalue weighted by molar-refractivity contribution is -0.165. The van der Waals surface area contributed by atoms with Crippen molar-refractivity contribution in [3.8, 4) is 5.75 Å². The van der Waals surface area contributed by atoms with Crippen molar-refractivity contribution in [2.75, 3.05) is 6.61 Å². The first-order valence-electron chi connectivity index (χ1n) is 7.99. The fourth-order valence-electron chi connectivity index (χ4n) is 1.99. The zero-order chi connectivity index (χ0) is 18.9. The Balaban J connectivity index is 1.92. The number of carboxylic acid groups (broad SMARTS) is 1. The smallest absolute Gasteiger partial charge is 0.348 e. The molecule has 2 aromatic carbocycles. The van der Waals surface area contributed by atoms with Crippen LogP contribution in [-0.2, 0) is 14.3 Å². The van der Waals surface area contributed by atoms with Crippen molar-refractivity contribution in [1.29, 1.82) is 0 Å². The lowest BCUT2D eigenvalue weighted by atomic mass is 10.1. The second-order valence-corrected chi connectivity index (χ2v) is 6.88. The van der Waals surface area contributed by atoms with Gasteiger partial charge in [0.1, 0.15) is 17.2 Å². The fraction of sp³-hybridized carbons (Fsp3) is 0.200. The Labute approximate surface area is 160 Å². The van der Waals surface area contributed by atoms with E-state index < -0.39 is 22.9 Å². The van der Waals surface area contributed by atoms with E-state index in [2.05, 4.69) is 15.9 Å². The summed E-state index contributed by atoms with van der Waals surface area (Å²) in [7, 11) is 0. The first-order valence-corrected chi connectivity index (χ1v) is 8.90. The SMILES string of the molecule is CC(Br)C(=O)OC(COc1ccc(/C=C/c2ccccc2)cc1)C(=O)O. The van der Waals surface area contributed by atoms with Crippen LogP contribution in [0.2, 0.25) is 0 Å². The molecule has 0 spiro atoms. The minimum absolute atomic E-state index is 0.264. The molecule has 0 saturated carbocycles. The van der Waals surface area contributed by atoms with Crippen molar-refractivity contribution >= 4 is 40.0 Å². The highest BCUT2D eigenvalue weighted by Gasteiger charge is 2.25. The summed E-state index contributed by atoms with van der Waals surface area (Å²) in [5.41, 5.74) is 2.08. The number of carbonyl (C=O) groups excluding carboxylic acids is 1. The first kappa shape index (κ1) is 19.7. The number of benzene rings is 2. The fourth-order valence-corrected chi connectivity index (χ4v) is 2.10. The van der Waals surface area contributed by atoms with Gasteiger partial charge in [0.15, 0.2) is 0 Å². The van der Waals surface area contributed by atoms with Crippen LogP contribution in [0.3, 0.4) is 0 Å². The van der Waals surface area contributed by atoms with Crippen molar-refractivity contribution in [2.45, 2.75) is 17.9 Å². The molecule has 0 bridgehead atoms. The van der Waals surface area contributed by atoms with Gasteiger partial charge in [0.05, 0.1) is 0 Å². The molecule has 2 unspecified atom stereocenters. The lowest BCUT2D eigenvalue weighted by Crippen LogP contribution is -2.34. The second-order valence-electron chi connectivity index (χ2n) is 5.50. The summed E-state index contributed by atoms with van der Waals surface area (Å²) in [5.74, 6) is -1.41. The Morgan fingerprint density at radius 1 is 1.04 bits per heavy atom. The van der Waals surface area contributed by atoms with Crippen molar-refractivity contribution in [3.63, 3.8) is 0 Å². The number of halogens is 1. The summed E-state index contributed by atoms with van der Waals surface area (Å²) in [6, 6.07) is 17.1. The van der Waals surface area contributed by atoms with E-state index in [-0.39, 0.29) is 6.61 Å². The number of carbonyl (C=O) groups is 2. The summed E-state index contributed by atoms with van der Waals surface area (Å²) in [5, 5.41) is 9.12. The zero-order valence-corrected chi connectivity index (χ0v) is 15.8. The third kappa shape index (κ3) is 6.37. The number of ether oxygens (including phenoxy) is 2. The molecular weight excluding hydrogens is 400 g/mol. The summed E-state index contributed by atoms with van der Waals surface area (Å²) in [4.78, 5) is 22.1. The second kappa shape index (κ2) is 9.77. The van der Waals surface area contributed by atoms with Crippen LogP contribution in [0.5, 0.6) is 5.75 Å². The predicted octanol–water partition coefficient (Wildman–Crippen LogP) is 4.02. The van der Waals surface area contributed by atoms with Crippen LogP contribution < -0.4 is 4.74 Å². The van der Waals surface area contributed by atoms with Gasteiger partial charge >= 0.3 is 11.9 Å². The Morgan fingerprint density at radius 2 is 1.62 bits per heavy atom. The summed E-state index contributed by atoms with van der Waals surface area (Å²) >= 11 is 3.04. The van der Waals surface area contributed by atoms with Gasteiger partial charge in [-0.15, -0.1) is 0 Å². The molecule has 0 heterocycles. The Kier molecular flexibility index (Phi) is 7.41. The summed E-state index contributed by atoms with van der Waals surface area (Å²) < 4.78 is 10.3. The van der Waals surface area contributed by atoms with Crippen LogP contribution in [0.25, 0.3) is 12.2 Å². The van der Waals surface area contributed by atoms with Crippen molar-refractivity contribution in [2.24, 2.45) is 0 Å². The van der Waals surface area contributed by atoms with Gasteiger partial charge in [-0.25, -0.2) is 4.79 Å². The predicted molar refractivity (Wildman–Crippen MR) is 103 cm³/mol. The number of carboxylic acids is 1. The number of hydrogen-bond acceptors (Lipinski definition) is 4. The molecule has 0 aromatic heterocycles. The monoisotopic (exact) mass is 418 g/mol. The maximum Gasteiger partial charge on any atom is 0.348 e. The molecule has 2 rings (SSSR count). The van der Waals surface area contributed by atoms with Gasteiger partial charge < -0.3 is 14.6 Å². The van der Waals surface area contributed by atoms with Crippen molar-refractivity contribution < 1.29 is 24.2 Å². The molecule has 0 aliphatic carbocycles. The molecule has 0 radical (unpaired) electrons. The van der Waals surface area contributed by atoms with Gasteiger partial charge in [-0.1, -0.05) is 70.5 Å². The first-order chi connectivity index (χ1) is 12.5. The van der Waals surface area contributed by atoms with E-state index in [0.717, 1.165) is 11.1 Å². The normalized spacial score (nSPS) is 13.2. The maximum absolute atomic E-state index is 11.5. The van der Waals surface area contributed by atoms with E-state index in [0.29, 0.717) is 5.75 Å². The lowest BCUT2D eigenvalue weighted by Gasteiger charge is -2.15. The van der Waals surface area contributed by atoms with Crippen LogP contribution in [0.1, 0.15) is 18.1 Å². The van der Waals surface area contributed by atoms with Crippen LogP contribution >= 0.6 is 15.9 Å². The van der Waals surface area contributed by atoms with Gasteiger partial charge in [-0.3, -0.25) is 4.79 Å². The molecule has 0 aliphatic rings. The Morgan fingerprint density at radius 3 is 2.15 bits per heavy atom. The number of hydrogen-bond donors (Lipinski definition) is 1. The Hall–Kier alpha value is -2.60. The van der Waals surface area contributed by atoms with Gasteiger partial charge in [-0.2, -0.15) is 0 Å². The minimum Gasteiger partial charge on any atom is -0.489 e. The van der Waals surface area contributed by atoms with E-state index in [1.165, 1.54) is 0 Å². The van der Waals surface area contributed by atoms with E-state index in [4.69, 9.17) is 14.6 Å². The van der Waals surface area contributed by atoms with Crippen LogP contribution in [-0.4, -0.2) is 34.6 Å². The van der Waals surface area contributed by atoms with Gasteiger partial charge in [0, 0.05) is 0 Å². The highest BCUT2D eigenvalue weighted by atomic mass is 79.9. The average molecular weight is 419 g/mol. The molecule has 2 atom stereocenters. The molecule has 2 aromatic rings. The van der Waals surface area contributed by atoms with Crippen molar-refractivity contribution in [3.05, 3.63) is 65.7 Å². The molecule has 5 nitrogen and oxygen atoms in total. The summed E-state index contributed by atoms with van der Waals surface area (Å²) in [6.45, 7) is 1.30. The highest BCUT2D eigenvalue weighted by molar-refractivity contribution is 9.10. The highest BCUT2D eigenvalue weighted by Crippen LogP contribution is 2.15. The summed E-state index contributed by atoms with van der Waals surface area (Å²) in [6.07, 6.45) is 2.61. The van der Waals surface area contributed by atoms with Crippen molar-refractivity contribution in [1.82, 2.24) is 0 Å². The molecule has 1 N–H and O–H groups in total.